The first-order valence-electron chi connectivity index (χ1n) is 6.44. The van der Waals surface area contributed by atoms with Crippen molar-refractivity contribution in [2.75, 3.05) is 0 Å². The highest BCUT2D eigenvalue weighted by Crippen LogP contribution is 2.04. The first-order chi connectivity index (χ1) is 8.24. The predicted molar refractivity (Wildman–Crippen MR) is 64.3 cm³/mol. The van der Waals surface area contributed by atoms with Gasteiger partial charge in [-0.05, 0) is 12.5 Å². The Bertz CT molecular complexity index is 350. The average Bonchev–Trinajstić information content (AvgIpc) is 2.34. The normalized spacial score (nSPS) is 10.4. The van der Waals surface area contributed by atoms with Gasteiger partial charge in [0.1, 0.15) is 6.54 Å². The number of rotatable bonds is 8. The molecule has 0 atom stereocenters. The number of unbranched alkanes of at least 4 members (excludes halogenated alkanes) is 5. The molecular formula is C14H21NO2. The van der Waals surface area contributed by atoms with Crippen LogP contribution in [0.15, 0.2) is 24.5 Å². The molecule has 17 heavy (non-hydrogen) atoms. The SMILES string of the molecule is CCCCCCCC[n+]1cccc(C(=O)[O-])c1. The molecule has 3 nitrogen and oxygen atoms in total. The van der Waals surface area contributed by atoms with Crippen LogP contribution in [0.4, 0.5) is 0 Å². The lowest BCUT2D eigenvalue weighted by Gasteiger charge is -2.02. The summed E-state index contributed by atoms with van der Waals surface area (Å²) in [4.78, 5) is 10.7. The van der Waals surface area contributed by atoms with E-state index in [1.807, 2.05) is 10.8 Å². The van der Waals surface area contributed by atoms with Gasteiger partial charge in [0.15, 0.2) is 12.4 Å². The average molecular weight is 235 g/mol. The third-order valence-corrected chi connectivity index (χ3v) is 2.86. The number of aromatic nitrogens is 1. The lowest BCUT2D eigenvalue weighted by Crippen LogP contribution is -2.35. The van der Waals surface area contributed by atoms with Crippen LogP contribution in [0.1, 0.15) is 55.8 Å². The highest BCUT2D eigenvalue weighted by atomic mass is 16.4. The Hall–Kier alpha value is -1.38. The second-order valence-corrected chi connectivity index (χ2v) is 4.39. The van der Waals surface area contributed by atoms with Crippen LogP contribution in [0, 0.1) is 0 Å². The number of aryl methyl sites for hydroxylation is 1. The van der Waals surface area contributed by atoms with Crippen molar-refractivity contribution in [1.29, 1.82) is 0 Å². The molecule has 0 amide bonds. The lowest BCUT2D eigenvalue weighted by molar-refractivity contribution is -0.697. The van der Waals surface area contributed by atoms with Crippen LogP contribution in [0.3, 0.4) is 0 Å². The van der Waals surface area contributed by atoms with Gasteiger partial charge in [0.25, 0.3) is 0 Å². The smallest absolute Gasteiger partial charge is 0.177 e. The Kier molecular flexibility index (Phi) is 6.30. The van der Waals surface area contributed by atoms with Crippen molar-refractivity contribution in [3.05, 3.63) is 30.1 Å². The van der Waals surface area contributed by atoms with E-state index in [1.54, 1.807) is 18.3 Å². The standard InChI is InChI=1S/C14H21NO2/c1-2-3-4-5-6-7-10-15-11-8-9-13(12-15)14(16)17/h8-9,11-12H,2-7,10H2,1H3. The predicted octanol–water partition coefficient (Wildman–Crippen LogP) is 1.70. The maximum Gasteiger partial charge on any atom is 0.177 e. The Balaban J connectivity index is 2.27. The molecular weight excluding hydrogens is 214 g/mol. The van der Waals surface area contributed by atoms with E-state index in [-0.39, 0.29) is 5.56 Å². The molecule has 0 aliphatic carbocycles. The van der Waals surface area contributed by atoms with Gasteiger partial charge in [-0.1, -0.05) is 32.6 Å². The molecule has 1 aromatic heterocycles. The minimum absolute atomic E-state index is 0.249. The highest BCUT2D eigenvalue weighted by Gasteiger charge is 2.02. The fraction of sp³-hybridized carbons (Fsp3) is 0.571. The summed E-state index contributed by atoms with van der Waals surface area (Å²) in [6, 6.07) is 3.31. The molecule has 1 heterocycles. The molecule has 0 aromatic carbocycles. The summed E-state index contributed by atoms with van der Waals surface area (Å²) in [5.41, 5.74) is 0.249. The summed E-state index contributed by atoms with van der Waals surface area (Å²) in [6.07, 6.45) is 11.0. The topological polar surface area (TPSA) is 44.0 Å². The van der Waals surface area contributed by atoms with Gasteiger partial charge in [0, 0.05) is 12.5 Å². The monoisotopic (exact) mass is 235 g/mol. The van der Waals surface area contributed by atoms with Gasteiger partial charge in [0.2, 0.25) is 0 Å². The molecule has 0 N–H and O–H groups in total. The Labute approximate surface area is 103 Å². The molecule has 0 saturated carbocycles. The van der Waals surface area contributed by atoms with E-state index in [2.05, 4.69) is 6.92 Å². The van der Waals surface area contributed by atoms with Crippen molar-refractivity contribution < 1.29 is 14.5 Å². The van der Waals surface area contributed by atoms with Gasteiger partial charge >= 0.3 is 0 Å². The second kappa shape index (κ2) is 7.82. The zero-order valence-corrected chi connectivity index (χ0v) is 10.5. The number of pyridine rings is 1. The molecule has 3 heteroatoms. The number of carboxylic acids is 1. The number of hydrogen-bond acceptors (Lipinski definition) is 2. The van der Waals surface area contributed by atoms with Crippen LogP contribution >= 0.6 is 0 Å². The minimum atomic E-state index is -1.11. The largest absolute Gasteiger partial charge is 0.545 e. The summed E-state index contributed by atoms with van der Waals surface area (Å²) < 4.78 is 1.92. The van der Waals surface area contributed by atoms with Gasteiger partial charge in [-0.25, -0.2) is 4.57 Å². The molecule has 0 fully saturated rings. The quantitative estimate of drug-likeness (QED) is 0.508. The molecule has 1 rings (SSSR count). The van der Waals surface area contributed by atoms with Crippen molar-refractivity contribution in [1.82, 2.24) is 0 Å². The Morgan fingerprint density at radius 3 is 2.65 bits per heavy atom. The van der Waals surface area contributed by atoms with Gasteiger partial charge in [-0.2, -0.15) is 0 Å². The van der Waals surface area contributed by atoms with Crippen molar-refractivity contribution in [2.24, 2.45) is 0 Å². The molecule has 0 bridgehead atoms. The second-order valence-electron chi connectivity index (χ2n) is 4.39. The van der Waals surface area contributed by atoms with Crippen LogP contribution in [0.2, 0.25) is 0 Å². The molecule has 0 aliphatic heterocycles. The number of carboxylic acid groups (broad SMARTS) is 1. The fourth-order valence-electron chi connectivity index (χ4n) is 1.86. The number of hydrogen-bond donors (Lipinski definition) is 0. The summed E-state index contributed by atoms with van der Waals surface area (Å²) in [7, 11) is 0. The van der Waals surface area contributed by atoms with E-state index in [4.69, 9.17) is 0 Å². The maximum absolute atomic E-state index is 10.7. The third-order valence-electron chi connectivity index (χ3n) is 2.86. The van der Waals surface area contributed by atoms with Crippen LogP contribution < -0.4 is 9.67 Å². The molecule has 0 unspecified atom stereocenters. The minimum Gasteiger partial charge on any atom is -0.545 e. The lowest BCUT2D eigenvalue weighted by atomic mass is 10.1. The number of nitrogens with zero attached hydrogens (tertiary/aromatic N) is 1. The molecule has 0 aliphatic rings. The third kappa shape index (κ3) is 5.48. The summed E-state index contributed by atoms with van der Waals surface area (Å²) in [6.45, 7) is 3.09. The first-order valence-corrected chi connectivity index (χ1v) is 6.44. The number of carbonyl (C=O) groups excluding carboxylic acids is 1. The molecule has 1 aromatic rings. The van der Waals surface area contributed by atoms with Crippen molar-refractivity contribution in [2.45, 2.75) is 52.0 Å². The van der Waals surface area contributed by atoms with Crippen LogP contribution in [0.5, 0.6) is 0 Å². The Morgan fingerprint density at radius 1 is 1.24 bits per heavy atom. The summed E-state index contributed by atoms with van der Waals surface area (Å²) >= 11 is 0. The molecule has 0 saturated heterocycles. The van der Waals surface area contributed by atoms with E-state index < -0.39 is 5.97 Å². The van der Waals surface area contributed by atoms with E-state index in [0.29, 0.717) is 0 Å². The molecule has 0 radical (unpaired) electrons. The zero-order chi connectivity index (χ0) is 12.5. The van der Waals surface area contributed by atoms with E-state index in [0.717, 1.165) is 13.0 Å². The first kappa shape index (κ1) is 13.7. The van der Waals surface area contributed by atoms with Gasteiger partial charge < -0.3 is 9.90 Å². The zero-order valence-electron chi connectivity index (χ0n) is 10.5. The Morgan fingerprint density at radius 2 is 1.94 bits per heavy atom. The van der Waals surface area contributed by atoms with Gasteiger partial charge in [-0.3, -0.25) is 0 Å². The van der Waals surface area contributed by atoms with E-state index in [1.165, 1.54) is 32.1 Å². The van der Waals surface area contributed by atoms with Crippen LogP contribution in [-0.2, 0) is 6.54 Å². The highest BCUT2D eigenvalue weighted by molar-refractivity contribution is 5.84. The molecule has 94 valence electrons. The van der Waals surface area contributed by atoms with Crippen molar-refractivity contribution in [3.63, 3.8) is 0 Å². The van der Waals surface area contributed by atoms with Gasteiger partial charge in [-0.15, -0.1) is 0 Å². The van der Waals surface area contributed by atoms with Crippen LogP contribution in [-0.4, -0.2) is 5.97 Å². The summed E-state index contributed by atoms with van der Waals surface area (Å²) in [5.74, 6) is -1.11. The van der Waals surface area contributed by atoms with Gasteiger partial charge in [0.05, 0.1) is 11.5 Å². The van der Waals surface area contributed by atoms with E-state index >= 15 is 0 Å². The number of carbonyl (C=O) groups is 1. The number of aromatic carboxylic acids is 1. The van der Waals surface area contributed by atoms with Crippen molar-refractivity contribution >= 4 is 5.97 Å². The molecule has 0 spiro atoms. The summed E-state index contributed by atoms with van der Waals surface area (Å²) in [5, 5.41) is 10.7. The van der Waals surface area contributed by atoms with Crippen LogP contribution in [0.25, 0.3) is 0 Å². The fourth-order valence-corrected chi connectivity index (χ4v) is 1.86. The van der Waals surface area contributed by atoms with Crippen molar-refractivity contribution in [3.8, 4) is 0 Å². The van der Waals surface area contributed by atoms with E-state index in [9.17, 15) is 9.90 Å². The maximum atomic E-state index is 10.7.